The molecular weight excluding hydrogens is 224 g/mol. The van der Waals surface area contributed by atoms with E-state index in [1.165, 1.54) is 12.3 Å². The van der Waals surface area contributed by atoms with Gasteiger partial charge < -0.3 is 20.2 Å². The van der Waals surface area contributed by atoms with Gasteiger partial charge in [0, 0.05) is 19.5 Å². The number of hydrogen-bond donors (Lipinski definition) is 3. The molecule has 0 radical (unpaired) electrons. The number of carboxylic acids is 1. The number of rotatable bonds is 7. The molecule has 1 aromatic rings. The van der Waals surface area contributed by atoms with Gasteiger partial charge in [0.15, 0.2) is 0 Å². The maximum atomic E-state index is 11.1. The quantitative estimate of drug-likeness (QED) is 0.607. The first-order chi connectivity index (χ1) is 8.13. The van der Waals surface area contributed by atoms with Crippen LogP contribution in [0.2, 0.25) is 0 Å². The fourth-order valence-electron chi connectivity index (χ4n) is 1.28. The Hall–Kier alpha value is -1.82. The summed E-state index contributed by atoms with van der Waals surface area (Å²) in [4.78, 5) is 21.7. The summed E-state index contributed by atoms with van der Waals surface area (Å²) in [6, 6.07) is 1.46. The molecule has 0 spiro atoms. The van der Waals surface area contributed by atoms with Gasteiger partial charge in [0.05, 0.1) is 12.1 Å². The third-order valence-electron chi connectivity index (χ3n) is 2.10. The molecule has 1 heterocycles. The van der Waals surface area contributed by atoms with Crippen LogP contribution in [-0.2, 0) is 11.3 Å². The zero-order valence-corrected chi connectivity index (χ0v) is 9.66. The summed E-state index contributed by atoms with van der Waals surface area (Å²) < 4.78 is 5.04. The Morgan fingerprint density at radius 2 is 2.24 bits per heavy atom. The van der Waals surface area contributed by atoms with E-state index in [1.807, 2.05) is 6.92 Å². The van der Waals surface area contributed by atoms with E-state index >= 15 is 0 Å². The Morgan fingerprint density at radius 1 is 1.47 bits per heavy atom. The van der Waals surface area contributed by atoms with E-state index < -0.39 is 5.97 Å². The van der Waals surface area contributed by atoms with Crippen LogP contribution in [-0.4, -0.2) is 30.1 Å². The molecule has 3 N–H and O–H groups in total. The molecule has 6 nitrogen and oxygen atoms in total. The summed E-state index contributed by atoms with van der Waals surface area (Å²) in [5.41, 5.74) is 0.130. The molecule has 1 rings (SSSR count). The van der Waals surface area contributed by atoms with Crippen LogP contribution in [0.1, 0.15) is 29.5 Å². The second-order valence-corrected chi connectivity index (χ2v) is 3.49. The lowest BCUT2D eigenvalue weighted by Gasteiger charge is -2.02. The Bertz CT molecular complexity index is 387. The molecule has 0 saturated carbocycles. The Balaban J connectivity index is 2.22. The molecule has 0 atom stereocenters. The molecular formula is C11H16N2O4. The zero-order chi connectivity index (χ0) is 12.7. The average Bonchev–Trinajstić information content (AvgIpc) is 2.73. The molecule has 0 bridgehead atoms. The van der Waals surface area contributed by atoms with Gasteiger partial charge >= 0.3 is 5.97 Å². The van der Waals surface area contributed by atoms with Crippen molar-refractivity contribution in [2.75, 3.05) is 13.1 Å². The van der Waals surface area contributed by atoms with E-state index in [4.69, 9.17) is 9.52 Å². The van der Waals surface area contributed by atoms with Crippen molar-refractivity contribution in [3.05, 3.63) is 23.7 Å². The molecule has 17 heavy (non-hydrogen) atoms. The van der Waals surface area contributed by atoms with Gasteiger partial charge in [-0.3, -0.25) is 4.79 Å². The van der Waals surface area contributed by atoms with E-state index in [9.17, 15) is 9.59 Å². The fourth-order valence-corrected chi connectivity index (χ4v) is 1.28. The predicted octanol–water partition coefficient (Wildman–Crippen LogP) is 0.594. The summed E-state index contributed by atoms with van der Waals surface area (Å²) in [7, 11) is 0. The maximum absolute atomic E-state index is 11.1. The number of furan rings is 1. The van der Waals surface area contributed by atoms with Gasteiger partial charge in [-0.2, -0.15) is 0 Å². The number of amides is 1. The van der Waals surface area contributed by atoms with Crippen LogP contribution in [0.5, 0.6) is 0 Å². The van der Waals surface area contributed by atoms with Crippen LogP contribution < -0.4 is 10.6 Å². The van der Waals surface area contributed by atoms with Crippen molar-refractivity contribution in [1.82, 2.24) is 10.6 Å². The molecule has 0 aromatic carbocycles. The van der Waals surface area contributed by atoms with Crippen LogP contribution in [0, 0.1) is 0 Å². The molecule has 0 unspecified atom stereocenters. The number of hydrogen-bond acceptors (Lipinski definition) is 4. The molecule has 0 aliphatic heterocycles. The second kappa shape index (κ2) is 6.70. The lowest BCUT2D eigenvalue weighted by molar-refractivity contribution is -0.120. The fraction of sp³-hybridized carbons (Fsp3) is 0.455. The highest BCUT2D eigenvalue weighted by molar-refractivity contribution is 5.87. The zero-order valence-electron chi connectivity index (χ0n) is 9.66. The second-order valence-electron chi connectivity index (χ2n) is 3.49. The van der Waals surface area contributed by atoms with Gasteiger partial charge in [-0.15, -0.1) is 0 Å². The maximum Gasteiger partial charge on any atom is 0.338 e. The van der Waals surface area contributed by atoms with Gasteiger partial charge in [-0.1, -0.05) is 0 Å². The minimum absolute atomic E-state index is 0.00864. The van der Waals surface area contributed by atoms with E-state index in [0.717, 1.165) is 0 Å². The monoisotopic (exact) mass is 240 g/mol. The van der Waals surface area contributed by atoms with Crippen LogP contribution in [0.15, 0.2) is 16.7 Å². The number of aromatic carboxylic acids is 1. The average molecular weight is 240 g/mol. The first-order valence-electron chi connectivity index (χ1n) is 5.41. The minimum atomic E-state index is -1.01. The number of carbonyl (C=O) groups excluding carboxylic acids is 1. The Morgan fingerprint density at radius 3 is 2.82 bits per heavy atom. The summed E-state index contributed by atoms with van der Waals surface area (Å²) in [5.74, 6) is -0.480. The van der Waals surface area contributed by atoms with Crippen LogP contribution in [0.25, 0.3) is 0 Å². The molecule has 0 aliphatic carbocycles. The van der Waals surface area contributed by atoms with Gasteiger partial charge in [0.2, 0.25) is 5.91 Å². The molecule has 94 valence electrons. The lowest BCUT2D eigenvalue weighted by atomic mass is 10.3. The first kappa shape index (κ1) is 13.2. The van der Waals surface area contributed by atoms with Crippen molar-refractivity contribution in [1.29, 1.82) is 0 Å². The summed E-state index contributed by atoms with van der Waals surface area (Å²) >= 11 is 0. The predicted molar refractivity (Wildman–Crippen MR) is 60.7 cm³/mol. The van der Waals surface area contributed by atoms with Crippen molar-refractivity contribution < 1.29 is 19.1 Å². The molecule has 6 heteroatoms. The highest BCUT2D eigenvalue weighted by atomic mass is 16.4. The summed E-state index contributed by atoms with van der Waals surface area (Å²) in [6.07, 6.45) is 1.59. The highest BCUT2D eigenvalue weighted by Crippen LogP contribution is 2.07. The lowest BCUT2D eigenvalue weighted by Crippen LogP contribution is -2.27. The van der Waals surface area contributed by atoms with Crippen molar-refractivity contribution in [2.45, 2.75) is 19.9 Å². The van der Waals surface area contributed by atoms with Gasteiger partial charge in [-0.05, 0) is 13.0 Å². The SMILES string of the molecule is CCNC(=O)CCNCc1cc(C(=O)O)co1. The first-order valence-corrected chi connectivity index (χ1v) is 5.41. The van der Waals surface area contributed by atoms with Crippen LogP contribution in [0.3, 0.4) is 0 Å². The topological polar surface area (TPSA) is 91.6 Å². The smallest absolute Gasteiger partial charge is 0.338 e. The molecule has 0 aliphatic rings. The standard InChI is InChI=1S/C11H16N2O4/c1-2-13-10(14)3-4-12-6-9-5-8(7-17-9)11(15)16/h5,7,12H,2-4,6H2,1H3,(H,13,14)(H,15,16). The van der Waals surface area contributed by atoms with Crippen molar-refractivity contribution >= 4 is 11.9 Å². The largest absolute Gasteiger partial charge is 0.478 e. The third kappa shape index (κ3) is 4.69. The number of nitrogens with one attached hydrogen (secondary N) is 2. The third-order valence-corrected chi connectivity index (χ3v) is 2.10. The van der Waals surface area contributed by atoms with Crippen LogP contribution in [0.4, 0.5) is 0 Å². The van der Waals surface area contributed by atoms with E-state index in [2.05, 4.69) is 10.6 Å². The van der Waals surface area contributed by atoms with Crippen molar-refractivity contribution in [3.63, 3.8) is 0 Å². The Labute approximate surface area is 99.0 Å². The molecule has 1 aromatic heterocycles. The van der Waals surface area contributed by atoms with Gasteiger partial charge in [-0.25, -0.2) is 4.79 Å². The minimum Gasteiger partial charge on any atom is -0.478 e. The van der Waals surface area contributed by atoms with Gasteiger partial charge in [0.25, 0.3) is 0 Å². The van der Waals surface area contributed by atoms with Crippen molar-refractivity contribution in [2.24, 2.45) is 0 Å². The molecule has 1 amide bonds. The van der Waals surface area contributed by atoms with Gasteiger partial charge in [0.1, 0.15) is 12.0 Å². The van der Waals surface area contributed by atoms with E-state index in [-0.39, 0.29) is 11.5 Å². The Kier molecular flexibility index (Phi) is 5.22. The van der Waals surface area contributed by atoms with E-state index in [1.54, 1.807) is 0 Å². The van der Waals surface area contributed by atoms with E-state index in [0.29, 0.717) is 31.8 Å². The molecule has 0 saturated heterocycles. The summed E-state index contributed by atoms with van der Waals surface area (Å²) in [6.45, 7) is 3.42. The number of carbonyl (C=O) groups is 2. The number of carboxylic acid groups (broad SMARTS) is 1. The summed E-state index contributed by atoms with van der Waals surface area (Å²) in [5, 5.41) is 14.3. The normalized spacial score (nSPS) is 10.2. The van der Waals surface area contributed by atoms with Crippen LogP contribution >= 0.6 is 0 Å². The molecule has 0 fully saturated rings. The van der Waals surface area contributed by atoms with Crippen molar-refractivity contribution in [3.8, 4) is 0 Å². The highest BCUT2D eigenvalue weighted by Gasteiger charge is 2.07.